The first-order chi connectivity index (χ1) is 11.1. The van der Waals surface area contributed by atoms with Crippen molar-refractivity contribution in [3.63, 3.8) is 0 Å². The van der Waals surface area contributed by atoms with Crippen molar-refractivity contribution < 1.29 is 14.3 Å². The molecule has 2 aromatic rings. The van der Waals surface area contributed by atoms with E-state index in [1.807, 2.05) is 6.07 Å². The fourth-order valence-corrected chi connectivity index (χ4v) is 3.33. The molecule has 0 aliphatic heterocycles. The zero-order valence-electron chi connectivity index (χ0n) is 13.1. The molecule has 3 rings (SSSR count). The highest BCUT2D eigenvalue weighted by Gasteiger charge is 2.28. The highest BCUT2D eigenvalue weighted by Crippen LogP contribution is 2.32. The maximum Gasteiger partial charge on any atom is 0.228 e. The number of hydrogen-bond acceptors (Lipinski definition) is 3. The van der Waals surface area contributed by atoms with E-state index < -0.39 is 0 Å². The van der Waals surface area contributed by atoms with Crippen LogP contribution in [-0.4, -0.2) is 20.1 Å². The molecule has 0 aromatic heterocycles. The Balaban J connectivity index is 1.76. The molecule has 1 amide bonds. The molecule has 1 aliphatic carbocycles. The summed E-state index contributed by atoms with van der Waals surface area (Å²) in [5.41, 5.74) is 3.11. The van der Waals surface area contributed by atoms with Gasteiger partial charge in [0, 0.05) is 16.5 Å². The molecular formula is C18H18BrNO3. The van der Waals surface area contributed by atoms with Gasteiger partial charge in [0.15, 0.2) is 0 Å². The fourth-order valence-electron chi connectivity index (χ4n) is 2.92. The van der Waals surface area contributed by atoms with Crippen LogP contribution in [0.2, 0.25) is 0 Å². The molecule has 0 saturated heterocycles. The average Bonchev–Trinajstić information content (AvgIpc) is 2.98. The van der Waals surface area contributed by atoms with Crippen molar-refractivity contribution in [2.24, 2.45) is 5.92 Å². The molecule has 0 fully saturated rings. The van der Waals surface area contributed by atoms with Crippen LogP contribution in [0.3, 0.4) is 0 Å². The topological polar surface area (TPSA) is 47.6 Å². The van der Waals surface area contributed by atoms with Crippen molar-refractivity contribution in [3.8, 4) is 11.5 Å². The SMILES string of the molecule is COc1ccc(OC)c(NC(=O)C2Cc3ccc(Br)cc3C2)c1. The van der Waals surface area contributed by atoms with Crippen LogP contribution in [0.15, 0.2) is 40.9 Å². The van der Waals surface area contributed by atoms with Crippen LogP contribution in [0, 0.1) is 5.92 Å². The van der Waals surface area contributed by atoms with Gasteiger partial charge >= 0.3 is 0 Å². The van der Waals surface area contributed by atoms with Crippen molar-refractivity contribution in [1.29, 1.82) is 0 Å². The Morgan fingerprint density at radius 2 is 1.87 bits per heavy atom. The molecule has 1 aliphatic rings. The summed E-state index contributed by atoms with van der Waals surface area (Å²) in [5.74, 6) is 1.25. The second kappa shape index (κ2) is 6.62. The molecule has 0 saturated carbocycles. The Bertz CT molecular complexity index is 745. The van der Waals surface area contributed by atoms with Crippen LogP contribution in [0.1, 0.15) is 11.1 Å². The van der Waals surface area contributed by atoms with Gasteiger partial charge in [0.1, 0.15) is 11.5 Å². The van der Waals surface area contributed by atoms with E-state index in [-0.39, 0.29) is 11.8 Å². The second-order valence-corrected chi connectivity index (χ2v) is 6.49. The summed E-state index contributed by atoms with van der Waals surface area (Å²) in [6, 6.07) is 11.6. The molecule has 1 unspecified atom stereocenters. The Hall–Kier alpha value is -2.01. The number of carbonyl (C=O) groups is 1. The van der Waals surface area contributed by atoms with E-state index >= 15 is 0 Å². The second-order valence-electron chi connectivity index (χ2n) is 5.57. The van der Waals surface area contributed by atoms with E-state index in [0.717, 1.165) is 17.3 Å². The van der Waals surface area contributed by atoms with Crippen molar-refractivity contribution in [2.75, 3.05) is 19.5 Å². The largest absolute Gasteiger partial charge is 0.497 e. The molecule has 0 heterocycles. The van der Waals surface area contributed by atoms with Crippen LogP contribution in [-0.2, 0) is 17.6 Å². The molecule has 2 aromatic carbocycles. The molecule has 0 spiro atoms. The van der Waals surface area contributed by atoms with E-state index in [9.17, 15) is 4.79 Å². The van der Waals surface area contributed by atoms with Crippen LogP contribution in [0.25, 0.3) is 0 Å². The predicted molar refractivity (Wildman–Crippen MR) is 93.2 cm³/mol. The molecule has 0 bridgehead atoms. The van der Waals surface area contributed by atoms with Gasteiger partial charge < -0.3 is 14.8 Å². The smallest absolute Gasteiger partial charge is 0.228 e. The minimum absolute atomic E-state index is 0.00359. The number of nitrogens with one attached hydrogen (secondary N) is 1. The van der Waals surface area contributed by atoms with E-state index in [4.69, 9.17) is 9.47 Å². The molecule has 1 atom stereocenters. The molecule has 0 radical (unpaired) electrons. The molecular weight excluding hydrogens is 358 g/mol. The standard InChI is InChI=1S/C18H18BrNO3/c1-22-15-5-6-17(23-2)16(10-15)20-18(21)13-7-11-3-4-14(19)9-12(11)8-13/h3-6,9-10,13H,7-8H2,1-2H3,(H,20,21). The van der Waals surface area contributed by atoms with Gasteiger partial charge in [-0.05, 0) is 48.2 Å². The molecule has 120 valence electrons. The third kappa shape index (κ3) is 3.34. The minimum Gasteiger partial charge on any atom is -0.497 e. The number of carbonyl (C=O) groups excluding carboxylic acids is 1. The number of benzene rings is 2. The fraction of sp³-hybridized carbons (Fsp3) is 0.278. The maximum atomic E-state index is 12.6. The van der Waals surface area contributed by atoms with Crippen molar-refractivity contribution in [2.45, 2.75) is 12.8 Å². The van der Waals surface area contributed by atoms with E-state index in [0.29, 0.717) is 17.2 Å². The average molecular weight is 376 g/mol. The third-order valence-corrected chi connectivity index (χ3v) is 4.63. The first-order valence-corrected chi connectivity index (χ1v) is 8.20. The summed E-state index contributed by atoms with van der Waals surface area (Å²) >= 11 is 3.48. The van der Waals surface area contributed by atoms with Crippen molar-refractivity contribution >= 4 is 27.5 Å². The van der Waals surface area contributed by atoms with Gasteiger partial charge in [-0.2, -0.15) is 0 Å². The quantitative estimate of drug-likeness (QED) is 0.883. The van der Waals surface area contributed by atoms with Crippen molar-refractivity contribution in [3.05, 3.63) is 52.0 Å². The van der Waals surface area contributed by atoms with Gasteiger partial charge in [0.05, 0.1) is 19.9 Å². The van der Waals surface area contributed by atoms with Crippen LogP contribution >= 0.6 is 15.9 Å². The number of ether oxygens (including phenoxy) is 2. The van der Waals surface area contributed by atoms with Gasteiger partial charge in [-0.1, -0.05) is 22.0 Å². The molecule has 23 heavy (non-hydrogen) atoms. The summed E-state index contributed by atoms with van der Waals surface area (Å²) in [6.07, 6.45) is 1.52. The van der Waals surface area contributed by atoms with E-state index in [1.165, 1.54) is 11.1 Å². The number of anilines is 1. The lowest BCUT2D eigenvalue weighted by Gasteiger charge is -2.14. The summed E-state index contributed by atoms with van der Waals surface area (Å²) in [5, 5.41) is 2.97. The highest BCUT2D eigenvalue weighted by atomic mass is 79.9. The number of amides is 1. The van der Waals surface area contributed by atoms with E-state index in [1.54, 1.807) is 32.4 Å². The van der Waals surface area contributed by atoms with Crippen LogP contribution in [0.4, 0.5) is 5.69 Å². The Morgan fingerprint density at radius 1 is 1.09 bits per heavy atom. The van der Waals surface area contributed by atoms with Gasteiger partial charge in [0.2, 0.25) is 5.91 Å². The number of rotatable bonds is 4. The lowest BCUT2D eigenvalue weighted by Crippen LogP contribution is -2.23. The van der Waals surface area contributed by atoms with Gasteiger partial charge in [-0.3, -0.25) is 4.79 Å². The summed E-state index contributed by atoms with van der Waals surface area (Å²) in [7, 11) is 3.18. The number of fused-ring (bicyclic) bond motifs is 1. The predicted octanol–water partition coefficient (Wildman–Crippen LogP) is 3.82. The Kier molecular flexibility index (Phi) is 4.57. The molecule has 5 heteroatoms. The van der Waals surface area contributed by atoms with Gasteiger partial charge in [-0.25, -0.2) is 0 Å². The first kappa shape index (κ1) is 15.9. The number of hydrogen-bond donors (Lipinski definition) is 1. The Labute approximate surface area is 143 Å². The highest BCUT2D eigenvalue weighted by molar-refractivity contribution is 9.10. The lowest BCUT2D eigenvalue weighted by molar-refractivity contribution is -0.119. The van der Waals surface area contributed by atoms with Gasteiger partial charge in [-0.15, -0.1) is 0 Å². The van der Waals surface area contributed by atoms with Crippen molar-refractivity contribution in [1.82, 2.24) is 0 Å². The lowest BCUT2D eigenvalue weighted by atomic mass is 10.1. The van der Waals surface area contributed by atoms with E-state index in [2.05, 4.69) is 33.4 Å². The Morgan fingerprint density at radius 3 is 2.61 bits per heavy atom. The van der Waals surface area contributed by atoms with Crippen LogP contribution in [0.5, 0.6) is 11.5 Å². The number of methoxy groups -OCH3 is 2. The normalized spacial score (nSPS) is 15.9. The zero-order chi connectivity index (χ0) is 16.4. The molecule has 1 N–H and O–H groups in total. The van der Waals surface area contributed by atoms with Crippen LogP contribution < -0.4 is 14.8 Å². The summed E-state index contributed by atoms with van der Waals surface area (Å²) in [4.78, 5) is 12.6. The van der Waals surface area contributed by atoms with Gasteiger partial charge in [0.25, 0.3) is 0 Å². The molecule has 4 nitrogen and oxygen atoms in total. The summed E-state index contributed by atoms with van der Waals surface area (Å²) < 4.78 is 11.6. The first-order valence-electron chi connectivity index (χ1n) is 7.41. The number of halogens is 1. The monoisotopic (exact) mass is 375 g/mol. The maximum absolute atomic E-state index is 12.6. The zero-order valence-corrected chi connectivity index (χ0v) is 14.6. The third-order valence-electron chi connectivity index (χ3n) is 4.14. The summed E-state index contributed by atoms with van der Waals surface area (Å²) in [6.45, 7) is 0. The minimum atomic E-state index is -0.0600.